The highest BCUT2D eigenvalue weighted by Crippen LogP contribution is 2.33. The second-order valence-electron chi connectivity index (χ2n) is 7.98. The summed E-state index contributed by atoms with van der Waals surface area (Å²) >= 11 is 1.58. The van der Waals surface area contributed by atoms with Crippen LogP contribution in [0.4, 0.5) is 5.69 Å². The molecule has 0 unspecified atom stereocenters. The largest absolute Gasteiger partial charge is 0.299 e. The lowest BCUT2D eigenvalue weighted by atomic mass is 9.86. The van der Waals surface area contributed by atoms with Gasteiger partial charge >= 0.3 is 0 Å². The highest BCUT2D eigenvalue weighted by atomic mass is 32.2. The van der Waals surface area contributed by atoms with Gasteiger partial charge in [-0.2, -0.15) is 5.06 Å². The van der Waals surface area contributed by atoms with E-state index in [-0.39, 0.29) is 0 Å². The van der Waals surface area contributed by atoms with Crippen molar-refractivity contribution < 1.29 is 9.63 Å². The maximum Gasteiger partial charge on any atom is 0.238 e. The summed E-state index contributed by atoms with van der Waals surface area (Å²) in [5.41, 5.74) is 4.58. The Kier molecular flexibility index (Phi) is 7.52. The SMILES string of the molecule is CON(C=O)c1ccc(C)c(C2CCN(Cc3ccc(Sc4ccccn4)nc3)CC2)c1. The molecule has 32 heavy (non-hydrogen) atoms. The summed E-state index contributed by atoms with van der Waals surface area (Å²) in [5.74, 6) is 0.492. The van der Waals surface area contributed by atoms with Crippen LogP contribution in [0.1, 0.15) is 35.4 Å². The third-order valence-corrected chi connectivity index (χ3v) is 6.79. The van der Waals surface area contributed by atoms with Gasteiger partial charge in [-0.15, -0.1) is 0 Å². The minimum absolute atomic E-state index is 0.492. The Balaban J connectivity index is 1.33. The van der Waals surface area contributed by atoms with E-state index in [4.69, 9.17) is 4.84 Å². The lowest BCUT2D eigenvalue weighted by Crippen LogP contribution is -2.32. The number of nitrogens with zero attached hydrogens (tertiary/aromatic N) is 4. The molecule has 1 fully saturated rings. The summed E-state index contributed by atoms with van der Waals surface area (Å²) < 4.78 is 0. The molecule has 1 aliphatic rings. The molecule has 0 aliphatic carbocycles. The van der Waals surface area contributed by atoms with Gasteiger partial charge in [-0.1, -0.05) is 30.0 Å². The van der Waals surface area contributed by atoms with E-state index in [9.17, 15) is 4.79 Å². The van der Waals surface area contributed by atoms with Crippen molar-refractivity contribution in [3.8, 4) is 0 Å². The Morgan fingerprint density at radius 1 is 1.12 bits per heavy atom. The molecule has 0 spiro atoms. The van der Waals surface area contributed by atoms with Gasteiger partial charge in [0.15, 0.2) is 0 Å². The van der Waals surface area contributed by atoms with Gasteiger partial charge in [0.2, 0.25) is 6.41 Å². The molecule has 0 N–H and O–H groups in total. The zero-order valence-electron chi connectivity index (χ0n) is 18.5. The van der Waals surface area contributed by atoms with Crippen LogP contribution in [0.5, 0.6) is 0 Å². The number of likely N-dealkylation sites (tertiary alicyclic amines) is 1. The summed E-state index contributed by atoms with van der Waals surface area (Å²) in [6.07, 6.45) is 6.67. The van der Waals surface area contributed by atoms with Crippen LogP contribution in [0.3, 0.4) is 0 Å². The highest BCUT2D eigenvalue weighted by Gasteiger charge is 2.23. The van der Waals surface area contributed by atoms with Gasteiger partial charge in [0, 0.05) is 18.9 Å². The van der Waals surface area contributed by atoms with Crippen molar-refractivity contribution in [1.82, 2.24) is 14.9 Å². The van der Waals surface area contributed by atoms with E-state index in [1.165, 1.54) is 28.9 Å². The second-order valence-corrected chi connectivity index (χ2v) is 9.02. The van der Waals surface area contributed by atoms with Gasteiger partial charge in [-0.25, -0.2) is 9.97 Å². The Morgan fingerprint density at radius 2 is 1.94 bits per heavy atom. The van der Waals surface area contributed by atoms with E-state index in [0.717, 1.165) is 48.2 Å². The molecule has 1 saturated heterocycles. The number of rotatable bonds is 8. The summed E-state index contributed by atoms with van der Waals surface area (Å²) in [7, 11) is 1.51. The van der Waals surface area contributed by atoms with Gasteiger partial charge in [-0.05, 0) is 85.8 Å². The lowest BCUT2D eigenvalue weighted by molar-refractivity contribution is -0.112. The number of hydrogen-bond donors (Lipinski definition) is 0. The first-order chi connectivity index (χ1) is 15.7. The van der Waals surface area contributed by atoms with Crippen LogP contribution in [0.25, 0.3) is 0 Å². The molecule has 0 atom stereocenters. The first-order valence-corrected chi connectivity index (χ1v) is 11.6. The van der Waals surface area contributed by atoms with Crippen molar-refractivity contribution in [2.24, 2.45) is 0 Å². The molecule has 1 aromatic carbocycles. The van der Waals surface area contributed by atoms with Crippen LogP contribution in [0.2, 0.25) is 0 Å². The number of carbonyl (C=O) groups is 1. The van der Waals surface area contributed by atoms with E-state index >= 15 is 0 Å². The first-order valence-electron chi connectivity index (χ1n) is 10.8. The van der Waals surface area contributed by atoms with Gasteiger partial charge in [0.25, 0.3) is 0 Å². The van der Waals surface area contributed by atoms with Crippen LogP contribution in [-0.2, 0) is 16.2 Å². The van der Waals surface area contributed by atoms with Gasteiger partial charge < -0.3 is 0 Å². The Bertz CT molecular complexity index is 1020. The molecule has 3 aromatic rings. The maximum absolute atomic E-state index is 11.2. The number of carbonyl (C=O) groups excluding carboxylic acids is 1. The van der Waals surface area contributed by atoms with Crippen LogP contribution in [0.15, 0.2) is 71.0 Å². The first kappa shape index (κ1) is 22.5. The van der Waals surface area contributed by atoms with E-state index < -0.39 is 0 Å². The monoisotopic (exact) mass is 448 g/mol. The van der Waals surface area contributed by atoms with Crippen LogP contribution in [0, 0.1) is 6.92 Å². The van der Waals surface area contributed by atoms with E-state index in [1.807, 2.05) is 30.5 Å². The number of aryl methyl sites for hydroxylation is 1. The number of amides is 1. The smallest absolute Gasteiger partial charge is 0.238 e. The standard InChI is InChI=1S/C25H28N4O2S/c1-19-6-8-22(29(18-30)31-2)15-23(19)21-10-13-28(14-11-21)17-20-7-9-25(27-16-20)32-24-5-3-4-12-26-24/h3-9,12,15-16,18,21H,10-11,13-14,17H2,1-2H3. The number of hydroxylamine groups is 1. The number of benzene rings is 1. The molecule has 6 nitrogen and oxygen atoms in total. The average Bonchev–Trinajstić information content (AvgIpc) is 2.83. The van der Waals surface area contributed by atoms with Crippen LogP contribution in [-0.4, -0.2) is 41.5 Å². The van der Waals surface area contributed by atoms with Gasteiger partial charge in [0.05, 0.1) is 12.8 Å². The fourth-order valence-electron chi connectivity index (χ4n) is 4.15. The third kappa shape index (κ3) is 5.54. The highest BCUT2D eigenvalue weighted by molar-refractivity contribution is 7.99. The Hall–Kier alpha value is -2.74. The van der Waals surface area contributed by atoms with E-state index in [1.54, 1.807) is 18.0 Å². The molecule has 7 heteroatoms. The quantitative estimate of drug-likeness (QED) is 0.363. The van der Waals surface area contributed by atoms with Crippen molar-refractivity contribution in [1.29, 1.82) is 0 Å². The van der Waals surface area contributed by atoms with E-state index in [2.05, 4.69) is 46.1 Å². The molecule has 1 amide bonds. The normalized spacial score (nSPS) is 14.9. The van der Waals surface area contributed by atoms with Crippen molar-refractivity contribution in [2.75, 3.05) is 25.3 Å². The summed E-state index contributed by atoms with van der Waals surface area (Å²) in [6, 6.07) is 16.2. The van der Waals surface area contributed by atoms with Crippen molar-refractivity contribution in [3.63, 3.8) is 0 Å². The zero-order valence-corrected chi connectivity index (χ0v) is 19.3. The molecule has 166 valence electrons. The fraction of sp³-hybridized carbons (Fsp3) is 0.320. The summed E-state index contributed by atoms with van der Waals surface area (Å²) in [6.45, 7) is 5.14. The third-order valence-electron chi connectivity index (χ3n) is 5.89. The van der Waals surface area contributed by atoms with Crippen molar-refractivity contribution in [2.45, 2.75) is 42.3 Å². The molecule has 0 radical (unpaired) electrons. The minimum Gasteiger partial charge on any atom is -0.299 e. The van der Waals surface area contributed by atoms with E-state index in [0.29, 0.717) is 12.3 Å². The average molecular weight is 449 g/mol. The molecule has 0 bridgehead atoms. The molecule has 1 aliphatic heterocycles. The number of pyridine rings is 2. The molecule has 2 aromatic heterocycles. The molecule has 4 rings (SSSR count). The molecule has 0 saturated carbocycles. The van der Waals surface area contributed by atoms with Crippen LogP contribution >= 0.6 is 11.8 Å². The second kappa shape index (κ2) is 10.7. The topological polar surface area (TPSA) is 58.6 Å². The summed E-state index contributed by atoms with van der Waals surface area (Å²) in [4.78, 5) is 27.8. The van der Waals surface area contributed by atoms with Crippen molar-refractivity contribution >= 4 is 23.9 Å². The number of piperidine rings is 1. The predicted octanol–water partition coefficient (Wildman–Crippen LogP) is 4.84. The summed E-state index contributed by atoms with van der Waals surface area (Å²) in [5, 5.41) is 3.18. The lowest BCUT2D eigenvalue weighted by Gasteiger charge is -2.33. The van der Waals surface area contributed by atoms with Gasteiger partial charge in [0.1, 0.15) is 10.1 Å². The number of aromatic nitrogens is 2. The van der Waals surface area contributed by atoms with Gasteiger partial charge in [-0.3, -0.25) is 14.5 Å². The zero-order chi connectivity index (χ0) is 22.3. The minimum atomic E-state index is 0.492. The Labute approximate surface area is 193 Å². The number of hydrogen-bond acceptors (Lipinski definition) is 6. The Morgan fingerprint density at radius 3 is 2.59 bits per heavy atom. The fourth-order valence-corrected chi connectivity index (χ4v) is 4.87. The van der Waals surface area contributed by atoms with Crippen molar-refractivity contribution in [3.05, 3.63) is 77.6 Å². The van der Waals surface area contributed by atoms with Crippen LogP contribution < -0.4 is 5.06 Å². The number of anilines is 1. The molecular weight excluding hydrogens is 420 g/mol. The molecule has 3 heterocycles. The maximum atomic E-state index is 11.2. The molecular formula is C25H28N4O2S. The predicted molar refractivity (Wildman–Crippen MR) is 127 cm³/mol.